The number of pyridine rings is 2. The van der Waals surface area contributed by atoms with E-state index in [-0.39, 0.29) is 5.75 Å². The molecule has 0 atom stereocenters. The second kappa shape index (κ2) is 9.65. The van der Waals surface area contributed by atoms with E-state index in [1.807, 2.05) is 43.5 Å². The average molecular weight is 492 g/mol. The third kappa shape index (κ3) is 5.43. The molecule has 0 bridgehead atoms. The number of aromatic hydroxyl groups is 1. The van der Waals surface area contributed by atoms with Gasteiger partial charge in [-0.05, 0) is 42.0 Å². The van der Waals surface area contributed by atoms with Gasteiger partial charge < -0.3 is 14.4 Å². The van der Waals surface area contributed by atoms with Crippen LogP contribution in [0.25, 0.3) is 34.0 Å². The molecule has 4 rings (SSSR count). The number of hydrogen-bond acceptors (Lipinski definition) is 6. The van der Waals surface area contributed by atoms with Crippen LogP contribution in [-0.4, -0.2) is 35.7 Å². The van der Waals surface area contributed by atoms with E-state index in [1.54, 1.807) is 19.4 Å². The van der Waals surface area contributed by atoms with E-state index in [1.165, 1.54) is 0 Å². The number of methoxy groups -OCH3 is 1. The van der Waals surface area contributed by atoms with Crippen LogP contribution in [0.15, 0.2) is 60.8 Å². The summed E-state index contributed by atoms with van der Waals surface area (Å²) in [7, 11) is -2.37. The van der Waals surface area contributed by atoms with Gasteiger partial charge in [-0.15, -0.1) is 0 Å². The molecule has 7 nitrogen and oxygen atoms in total. The molecule has 2 heterocycles. The molecule has 2 aromatic heterocycles. The van der Waals surface area contributed by atoms with E-state index >= 15 is 0 Å². The van der Waals surface area contributed by atoms with Crippen molar-refractivity contribution in [1.29, 1.82) is 0 Å². The second-order valence-corrected chi connectivity index (χ2v) is 8.42. The molecule has 4 aromatic rings. The van der Waals surface area contributed by atoms with Crippen LogP contribution >= 0.6 is 0 Å². The number of aromatic nitrogens is 2. The van der Waals surface area contributed by atoms with Crippen LogP contribution in [0.5, 0.6) is 11.5 Å². The molecule has 0 aliphatic carbocycles. The number of aryl methyl sites for hydroxylation is 1. The fourth-order valence-electron chi connectivity index (χ4n) is 3.19. The number of halogens is 3. The Bertz CT molecular complexity index is 1490. The van der Waals surface area contributed by atoms with Crippen molar-refractivity contribution < 1.29 is 40.6 Å². The molecule has 178 valence electrons. The van der Waals surface area contributed by atoms with Gasteiger partial charge in [0, 0.05) is 29.8 Å². The van der Waals surface area contributed by atoms with Gasteiger partial charge in [0.15, 0.2) is 10.1 Å². The Morgan fingerprint density at radius 1 is 1.09 bits per heavy atom. The first-order chi connectivity index (χ1) is 15.9. The maximum atomic E-state index is 10.7. The topological polar surface area (TPSA) is 103 Å². The Hall–Kier alpha value is -3.70. The molecular weight excluding hydrogens is 473 g/mol. The number of hydrogen-bond donors (Lipinski definition) is 1. The van der Waals surface area contributed by atoms with Crippen LogP contribution in [0.2, 0.25) is 0 Å². The number of rotatable bonds is 3. The lowest BCUT2D eigenvalue weighted by atomic mass is 10.1. The summed E-state index contributed by atoms with van der Waals surface area (Å²) in [6.45, 7) is 0. The van der Waals surface area contributed by atoms with Crippen molar-refractivity contribution in [3.63, 3.8) is 0 Å². The van der Waals surface area contributed by atoms with Crippen LogP contribution in [0.1, 0.15) is 11.3 Å². The van der Waals surface area contributed by atoms with E-state index in [0.29, 0.717) is 5.52 Å². The maximum absolute atomic E-state index is 10.7. The lowest BCUT2D eigenvalue weighted by Crippen LogP contribution is -2.32. The van der Waals surface area contributed by atoms with Crippen LogP contribution < -0.4 is 9.30 Å². The van der Waals surface area contributed by atoms with Gasteiger partial charge >= 0.3 is 5.51 Å². The highest BCUT2D eigenvalue weighted by Gasteiger charge is 2.36. The predicted octanol–water partition coefficient (Wildman–Crippen LogP) is 4.15. The molecule has 0 aliphatic rings. The number of alkyl halides is 3. The number of ether oxygens (including phenoxy) is 1. The summed E-state index contributed by atoms with van der Waals surface area (Å²) < 4.78 is 66.3. The Labute approximate surface area is 193 Å². The van der Waals surface area contributed by atoms with E-state index in [2.05, 4.69) is 33.8 Å². The fourth-order valence-corrected chi connectivity index (χ4v) is 3.19. The number of fused-ring (bicyclic) bond motifs is 2. The van der Waals surface area contributed by atoms with Crippen molar-refractivity contribution in [2.24, 2.45) is 7.05 Å². The van der Waals surface area contributed by atoms with Crippen LogP contribution in [0.4, 0.5) is 13.2 Å². The smallest absolute Gasteiger partial charge is 0.485 e. The third-order valence-electron chi connectivity index (χ3n) is 4.92. The van der Waals surface area contributed by atoms with Gasteiger partial charge in [0.1, 0.15) is 24.1 Å². The first-order valence-corrected chi connectivity index (χ1v) is 11.1. The zero-order valence-electron chi connectivity index (χ0n) is 17.9. The van der Waals surface area contributed by atoms with E-state index < -0.39 is 15.6 Å². The Balaban J connectivity index is 0.000000350. The molecule has 0 saturated heterocycles. The summed E-state index contributed by atoms with van der Waals surface area (Å²) in [6, 6.07) is 17.7. The van der Waals surface area contributed by atoms with Gasteiger partial charge in [-0.1, -0.05) is 12.1 Å². The largest absolute Gasteiger partial charge is 0.741 e. The minimum atomic E-state index is -6.09. The lowest BCUT2D eigenvalue weighted by Gasteiger charge is -2.08. The highest BCUT2D eigenvalue weighted by Crippen LogP contribution is 2.27. The van der Waals surface area contributed by atoms with Crippen molar-refractivity contribution in [1.82, 2.24) is 4.98 Å². The molecule has 0 radical (unpaired) electrons. The van der Waals surface area contributed by atoms with Crippen LogP contribution in [-0.2, 0) is 17.2 Å². The van der Waals surface area contributed by atoms with Crippen molar-refractivity contribution in [2.75, 3.05) is 7.11 Å². The lowest BCUT2D eigenvalue weighted by molar-refractivity contribution is -0.646. The molecule has 0 spiro atoms. The Kier molecular flexibility index (Phi) is 7.08. The van der Waals surface area contributed by atoms with Crippen molar-refractivity contribution in [3.8, 4) is 11.5 Å². The summed E-state index contributed by atoms with van der Waals surface area (Å²) >= 11 is 0. The van der Waals surface area contributed by atoms with Gasteiger partial charge in [-0.25, -0.2) is 8.42 Å². The van der Waals surface area contributed by atoms with Crippen LogP contribution in [0.3, 0.4) is 0 Å². The molecule has 2 aromatic carbocycles. The highest BCUT2D eigenvalue weighted by molar-refractivity contribution is 7.86. The molecule has 11 heteroatoms. The minimum Gasteiger partial charge on any atom is -0.741 e. The fraction of sp³-hybridized carbons (Fsp3) is 0.130. The summed E-state index contributed by atoms with van der Waals surface area (Å²) in [4.78, 5) is 4.27. The van der Waals surface area contributed by atoms with E-state index in [0.717, 1.165) is 33.3 Å². The summed E-state index contributed by atoms with van der Waals surface area (Å²) in [6.07, 6.45) is 5.81. The Morgan fingerprint density at radius 2 is 1.79 bits per heavy atom. The zero-order valence-corrected chi connectivity index (χ0v) is 18.8. The summed E-state index contributed by atoms with van der Waals surface area (Å²) in [5.41, 5.74) is -1.81. The molecular formula is C23H19F3N2O5S. The van der Waals surface area contributed by atoms with Gasteiger partial charge in [0.25, 0.3) is 0 Å². The number of phenols is 1. The summed E-state index contributed by atoms with van der Waals surface area (Å²) in [5, 5.41) is 12.0. The number of nitrogens with zero attached hydrogens (tertiary/aromatic N) is 2. The standard InChI is InChI=1S/C22H18N2O2.CHF3O3S/c1-24-17(9-6-16-14-18(26-2)10-11-20(16)24)8-5-15-7-12-21(25)22-19(15)4-3-13-23-22;2-1(3,4)8(5,6)7/h3-14H,1-2H3;(H,5,6,7). The molecule has 0 aliphatic heterocycles. The monoisotopic (exact) mass is 492 g/mol. The van der Waals surface area contributed by atoms with Gasteiger partial charge in [-0.2, -0.15) is 17.7 Å². The highest BCUT2D eigenvalue weighted by atomic mass is 32.2. The zero-order chi connectivity index (χ0) is 25.1. The third-order valence-corrected chi connectivity index (χ3v) is 5.48. The number of benzene rings is 2. The van der Waals surface area contributed by atoms with Crippen molar-refractivity contribution in [2.45, 2.75) is 5.51 Å². The first kappa shape index (κ1) is 24.9. The normalized spacial score (nSPS) is 12.1. The molecule has 0 saturated carbocycles. The number of phenolic OH excluding ortho intramolecular Hbond substituents is 1. The van der Waals surface area contributed by atoms with E-state index in [4.69, 9.17) is 17.7 Å². The molecule has 0 unspecified atom stereocenters. The first-order valence-electron chi connectivity index (χ1n) is 9.66. The maximum Gasteiger partial charge on any atom is 0.485 e. The van der Waals surface area contributed by atoms with Gasteiger partial charge in [0.2, 0.25) is 11.2 Å². The van der Waals surface area contributed by atoms with Gasteiger partial charge in [-0.3, -0.25) is 4.98 Å². The Morgan fingerprint density at radius 3 is 2.44 bits per heavy atom. The molecule has 1 N–H and O–H groups in total. The quantitative estimate of drug-likeness (QED) is 0.262. The van der Waals surface area contributed by atoms with Crippen molar-refractivity contribution >= 4 is 44.1 Å². The average Bonchev–Trinajstić information content (AvgIpc) is 2.79. The van der Waals surface area contributed by atoms with E-state index in [9.17, 15) is 18.3 Å². The van der Waals surface area contributed by atoms with Crippen molar-refractivity contribution in [3.05, 3.63) is 72.1 Å². The molecule has 34 heavy (non-hydrogen) atoms. The molecule has 0 amide bonds. The SMILES string of the molecule is COc1ccc2c(ccc(C=Cc3ccc(O)c4ncccc34)[n+]2C)c1.O=S(=O)([O-])C(F)(F)F. The predicted molar refractivity (Wildman–Crippen MR) is 120 cm³/mol. The summed E-state index contributed by atoms with van der Waals surface area (Å²) in [5.74, 6) is 1.05. The molecule has 0 fully saturated rings. The second-order valence-electron chi connectivity index (χ2n) is 7.05. The van der Waals surface area contributed by atoms with Gasteiger partial charge in [0.05, 0.1) is 12.5 Å². The van der Waals surface area contributed by atoms with Crippen LogP contribution in [0, 0.1) is 0 Å². The minimum absolute atomic E-state index is 0.197.